The van der Waals surface area contributed by atoms with Gasteiger partial charge < -0.3 is 10.6 Å². The molecule has 2 N–H and O–H groups in total. The van der Waals surface area contributed by atoms with Gasteiger partial charge in [0.1, 0.15) is 0 Å². The Labute approximate surface area is 170 Å². The van der Waals surface area contributed by atoms with Gasteiger partial charge in [0.15, 0.2) is 0 Å². The molecular weight excluding hydrogens is 466 g/mol. The van der Waals surface area contributed by atoms with E-state index in [1.165, 1.54) is 10.6 Å². The maximum absolute atomic E-state index is 12.6. The van der Waals surface area contributed by atoms with Crippen molar-refractivity contribution in [1.29, 1.82) is 0 Å². The van der Waals surface area contributed by atoms with Crippen LogP contribution in [0.2, 0.25) is 0 Å². The van der Waals surface area contributed by atoms with E-state index in [4.69, 9.17) is 0 Å². The highest BCUT2D eigenvalue weighted by molar-refractivity contribution is 7.89. The van der Waals surface area contributed by atoms with Gasteiger partial charge >= 0.3 is 24.2 Å². The molecule has 31 heavy (non-hydrogen) atoms. The van der Waals surface area contributed by atoms with Crippen LogP contribution in [-0.2, 0) is 19.6 Å². The van der Waals surface area contributed by atoms with Crippen LogP contribution in [-0.4, -0.2) is 68.0 Å². The Morgan fingerprint density at radius 1 is 0.903 bits per heavy atom. The van der Waals surface area contributed by atoms with Crippen molar-refractivity contribution in [2.75, 3.05) is 26.2 Å². The highest BCUT2D eigenvalue weighted by atomic mass is 32.2. The van der Waals surface area contributed by atoms with Crippen molar-refractivity contribution in [3.05, 3.63) is 34.4 Å². The van der Waals surface area contributed by atoms with Gasteiger partial charge in [0.05, 0.1) is 9.82 Å². The SMILES string of the molecule is O=C(NCCN(CCNC(=O)C(F)(F)F)S(=O)(=O)c1ccc([N+](=O)[O-])cc1)C(F)(F)F. The summed E-state index contributed by atoms with van der Waals surface area (Å²) >= 11 is 0. The zero-order valence-electron chi connectivity index (χ0n) is 15.2. The fraction of sp³-hybridized carbons (Fsp3) is 0.429. The third kappa shape index (κ3) is 7.67. The summed E-state index contributed by atoms with van der Waals surface area (Å²) in [4.78, 5) is 30.9. The van der Waals surface area contributed by atoms with Crippen LogP contribution < -0.4 is 10.6 Å². The van der Waals surface area contributed by atoms with Gasteiger partial charge in [0.25, 0.3) is 5.69 Å². The number of nitro groups is 1. The van der Waals surface area contributed by atoms with Gasteiger partial charge in [0.2, 0.25) is 10.0 Å². The number of halogens is 6. The first-order valence-corrected chi connectivity index (χ1v) is 9.45. The molecule has 0 saturated heterocycles. The maximum Gasteiger partial charge on any atom is 0.471 e. The Bertz CT molecular complexity index is 885. The molecule has 0 aliphatic rings. The first-order chi connectivity index (χ1) is 14.1. The lowest BCUT2D eigenvalue weighted by Crippen LogP contribution is -2.46. The van der Waals surface area contributed by atoms with E-state index in [1.54, 1.807) is 0 Å². The Balaban J connectivity index is 2.99. The second-order valence-corrected chi connectivity index (χ2v) is 7.60. The predicted octanol–water partition coefficient (Wildman–Crippen LogP) is 0.943. The van der Waals surface area contributed by atoms with Crippen molar-refractivity contribution in [3.63, 3.8) is 0 Å². The fourth-order valence-electron chi connectivity index (χ4n) is 2.03. The molecule has 0 bridgehead atoms. The first kappa shape index (κ1) is 26.1. The molecule has 0 aliphatic carbocycles. The lowest BCUT2D eigenvalue weighted by molar-refractivity contribution is -0.384. The van der Waals surface area contributed by atoms with E-state index in [9.17, 15) is 54.5 Å². The number of alkyl halides is 6. The number of hydrogen-bond donors (Lipinski definition) is 2. The molecule has 0 heterocycles. The number of nitrogens with one attached hydrogen (secondary N) is 2. The average Bonchev–Trinajstić information content (AvgIpc) is 2.64. The van der Waals surface area contributed by atoms with Gasteiger partial charge in [-0.1, -0.05) is 0 Å². The molecule has 0 radical (unpaired) electrons. The molecule has 0 unspecified atom stereocenters. The second-order valence-electron chi connectivity index (χ2n) is 5.66. The number of non-ortho nitro benzene ring substituents is 1. The summed E-state index contributed by atoms with van der Waals surface area (Å²) in [6, 6.07) is 3.26. The number of amides is 2. The van der Waals surface area contributed by atoms with Crippen LogP contribution in [0, 0.1) is 10.1 Å². The highest BCUT2D eigenvalue weighted by Gasteiger charge is 2.39. The van der Waals surface area contributed by atoms with Gasteiger partial charge in [0, 0.05) is 38.3 Å². The summed E-state index contributed by atoms with van der Waals surface area (Å²) in [6.45, 7) is -3.33. The largest absolute Gasteiger partial charge is 0.471 e. The van der Waals surface area contributed by atoms with E-state index in [1.807, 2.05) is 0 Å². The van der Waals surface area contributed by atoms with Gasteiger partial charge in [-0.25, -0.2) is 8.42 Å². The van der Waals surface area contributed by atoms with Gasteiger partial charge in [-0.05, 0) is 12.1 Å². The van der Waals surface area contributed by atoms with E-state index in [2.05, 4.69) is 0 Å². The number of carbonyl (C=O) groups is 2. The first-order valence-electron chi connectivity index (χ1n) is 8.01. The zero-order valence-corrected chi connectivity index (χ0v) is 16.0. The van der Waals surface area contributed by atoms with E-state index >= 15 is 0 Å². The Kier molecular flexibility index (Phi) is 8.33. The van der Waals surface area contributed by atoms with Crippen LogP contribution in [0.3, 0.4) is 0 Å². The molecule has 0 spiro atoms. The number of carbonyl (C=O) groups excluding carboxylic acids is 2. The number of hydrogen-bond acceptors (Lipinski definition) is 6. The molecule has 0 fully saturated rings. The van der Waals surface area contributed by atoms with Crippen LogP contribution >= 0.6 is 0 Å². The van der Waals surface area contributed by atoms with Crippen molar-refractivity contribution >= 4 is 27.5 Å². The van der Waals surface area contributed by atoms with Crippen LogP contribution in [0.4, 0.5) is 32.0 Å². The quantitative estimate of drug-likeness (QED) is 0.307. The topological polar surface area (TPSA) is 139 Å². The minimum absolute atomic E-state index is 0.404. The molecule has 1 rings (SSSR count). The Morgan fingerprint density at radius 3 is 1.61 bits per heavy atom. The van der Waals surface area contributed by atoms with Crippen LogP contribution in [0.5, 0.6) is 0 Å². The summed E-state index contributed by atoms with van der Waals surface area (Å²) in [5.41, 5.74) is -0.472. The lowest BCUT2D eigenvalue weighted by atomic mass is 10.3. The second kappa shape index (κ2) is 9.90. The summed E-state index contributed by atoms with van der Waals surface area (Å²) in [5.74, 6) is -4.74. The predicted molar refractivity (Wildman–Crippen MR) is 90.0 cm³/mol. The summed E-state index contributed by atoms with van der Waals surface area (Å²) in [5, 5.41) is 13.4. The molecule has 10 nitrogen and oxygen atoms in total. The van der Waals surface area contributed by atoms with Gasteiger partial charge in [-0.3, -0.25) is 19.7 Å². The van der Waals surface area contributed by atoms with Crippen molar-refractivity contribution in [1.82, 2.24) is 14.9 Å². The minimum Gasteiger partial charge on any atom is -0.347 e. The third-order valence-corrected chi connectivity index (χ3v) is 5.41. The van der Waals surface area contributed by atoms with Crippen molar-refractivity contribution < 1.29 is 49.3 Å². The van der Waals surface area contributed by atoms with Crippen LogP contribution in [0.1, 0.15) is 0 Å². The van der Waals surface area contributed by atoms with Crippen molar-refractivity contribution in [2.45, 2.75) is 17.2 Å². The molecule has 1 aromatic rings. The molecule has 1 aromatic carbocycles. The van der Waals surface area contributed by atoms with Crippen molar-refractivity contribution in [2.24, 2.45) is 0 Å². The zero-order chi connectivity index (χ0) is 24.0. The van der Waals surface area contributed by atoms with E-state index in [-0.39, 0.29) is 0 Å². The van der Waals surface area contributed by atoms with Gasteiger partial charge in [-0.2, -0.15) is 30.6 Å². The summed E-state index contributed by atoms with van der Waals surface area (Å²) in [6.07, 6.45) is -10.5. The maximum atomic E-state index is 12.6. The molecule has 174 valence electrons. The molecular formula is C14H14F6N4O6S. The molecule has 0 aromatic heterocycles. The number of rotatable bonds is 9. The smallest absolute Gasteiger partial charge is 0.347 e. The van der Waals surface area contributed by atoms with Crippen molar-refractivity contribution in [3.8, 4) is 0 Å². The third-order valence-electron chi connectivity index (χ3n) is 3.49. The minimum atomic E-state index is -5.25. The number of nitrogens with zero attached hydrogens (tertiary/aromatic N) is 2. The fourth-order valence-corrected chi connectivity index (χ4v) is 3.47. The lowest BCUT2D eigenvalue weighted by Gasteiger charge is -2.23. The molecule has 0 atom stereocenters. The highest BCUT2D eigenvalue weighted by Crippen LogP contribution is 2.20. The van der Waals surface area contributed by atoms with E-state index in [0.29, 0.717) is 4.31 Å². The number of nitro benzene ring substituents is 1. The molecule has 17 heteroatoms. The Hall–Kier alpha value is -2.95. The summed E-state index contributed by atoms with van der Waals surface area (Å²) < 4.78 is 99.0. The van der Waals surface area contributed by atoms with Crippen LogP contribution in [0.25, 0.3) is 0 Å². The van der Waals surface area contributed by atoms with Gasteiger partial charge in [-0.15, -0.1) is 0 Å². The number of benzene rings is 1. The standard InChI is InChI=1S/C14H14F6N4O6S/c15-13(16,17)11(25)21-5-7-23(8-6-22-12(26)14(18,19)20)31(29,30)10-3-1-9(2-4-10)24(27)28/h1-4H,5-8H2,(H,21,25)(H,22,26). The molecule has 0 saturated carbocycles. The monoisotopic (exact) mass is 480 g/mol. The van der Waals surface area contributed by atoms with E-state index in [0.717, 1.165) is 24.3 Å². The number of sulfonamides is 1. The Morgan fingerprint density at radius 2 is 1.29 bits per heavy atom. The molecule has 0 aliphatic heterocycles. The van der Waals surface area contributed by atoms with E-state index < -0.39 is 75.9 Å². The molecule has 2 amide bonds. The van der Waals surface area contributed by atoms with Crippen LogP contribution in [0.15, 0.2) is 29.2 Å². The normalized spacial score (nSPS) is 12.5. The average molecular weight is 480 g/mol. The summed E-state index contributed by atoms with van der Waals surface area (Å²) in [7, 11) is -4.56.